The van der Waals surface area contributed by atoms with Crippen LogP contribution in [-0.4, -0.2) is 77.6 Å². The highest BCUT2D eigenvalue weighted by atomic mass is 16.5. The van der Waals surface area contributed by atoms with Gasteiger partial charge in [0.15, 0.2) is 0 Å². The summed E-state index contributed by atoms with van der Waals surface area (Å²) in [5.41, 5.74) is 9.02. The molecule has 1 saturated carbocycles. The van der Waals surface area contributed by atoms with Crippen LogP contribution in [0.25, 0.3) is 0 Å². The molecule has 2 aromatic rings. The third-order valence-electron chi connectivity index (χ3n) is 7.60. The van der Waals surface area contributed by atoms with Gasteiger partial charge in [-0.1, -0.05) is 24.3 Å². The molecule has 0 spiro atoms. The summed E-state index contributed by atoms with van der Waals surface area (Å²) in [6.07, 6.45) is 7.40. The second kappa shape index (κ2) is 12.4. The molecule has 36 heavy (non-hydrogen) atoms. The average Bonchev–Trinajstić information content (AvgIpc) is 3.34. The van der Waals surface area contributed by atoms with Crippen molar-refractivity contribution in [1.29, 1.82) is 0 Å². The minimum Gasteiger partial charge on any atom is -0.383 e. The smallest absolute Gasteiger partial charge is 0.256 e. The zero-order valence-corrected chi connectivity index (χ0v) is 21.4. The number of carbonyl (C=O) groups excluding carboxylic acids is 2. The van der Waals surface area contributed by atoms with Crippen LogP contribution in [0.15, 0.2) is 48.8 Å². The number of nitrogens with two attached hydrogens (primary N) is 1. The Morgan fingerprint density at radius 2 is 1.94 bits per heavy atom. The van der Waals surface area contributed by atoms with E-state index in [9.17, 15) is 9.59 Å². The van der Waals surface area contributed by atoms with Crippen LogP contribution >= 0.6 is 0 Å². The van der Waals surface area contributed by atoms with Crippen molar-refractivity contribution in [2.45, 2.75) is 69.7 Å². The predicted octanol–water partition coefficient (Wildman–Crippen LogP) is 2.51. The van der Waals surface area contributed by atoms with Crippen molar-refractivity contribution < 1.29 is 14.3 Å². The van der Waals surface area contributed by atoms with E-state index in [1.165, 1.54) is 11.1 Å². The Morgan fingerprint density at radius 3 is 2.64 bits per heavy atom. The van der Waals surface area contributed by atoms with Crippen molar-refractivity contribution in [3.05, 3.63) is 65.5 Å². The maximum atomic E-state index is 13.5. The molecule has 1 aromatic heterocycles. The fourth-order valence-electron chi connectivity index (χ4n) is 5.37. The Balaban J connectivity index is 1.55. The van der Waals surface area contributed by atoms with E-state index >= 15 is 0 Å². The van der Waals surface area contributed by atoms with Crippen LogP contribution in [0.5, 0.6) is 0 Å². The number of likely N-dealkylation sites (tertiary alicyclic amines) is 1. The summed E-state index contributed by atoms with van der Waals surface area (Å²) in [7, 11) is 1.70. The number of aromatic nitrogens is 1. The maximum Gasteiger partial charge on any atom is 0.256 e. The summed E-state index contributed by atoms with van der Waals surface area (Å²) >= 11 is 0. The Hall–Kier alpha value is -2.81. The van der Waals surface area contributed by atoms with Crippen LogP contribution in [0.2, 0.25) is 0 Å². The fraction of sp³-hybridized carbons (Fsp3) is 0.536. The van der Waals surface area contributed by atoms with Crippen LogP contribution in [0.3, 0.4) is 0 Å². The average molecular weight is 494 g/mol. The van der Waals surface area contributed by atoms with E-state index in [1.54, 1.807) is 36.5 Å². The molecule has 4 rings (SSSR count). The number of amides is 2. The molecule has 0 bridgehead atoms. The van der Waals surface area contributed by atoms with Crippen molar-refractivity contribution in [3.8, 4) is 0 Å². The maximum absolute atomic E-state index is 13.5. The number of nitrogens with zero attached hydrogens (tertiary/aromatic N) is 3. The number of pyridine rings is 1. The second-order valence-electron chi connectivity index (χ2n) is 10.1. The van der Waals surface area contributed by atoms with Gasteiger partial charge in [0, 0.05) is 57.3 Å². The van der Waals surface area contributed by atoms with Gasteiger partial charge in [0.25, 0.3) is 5.91 Å². The first-order valence-corrected chi connectivity index (χ1v) is 13.0. The van der Waals surface area contributed by atoms with Gasteiger partial charge in [0.2, 0.25) is 5.91 Å². The van der Waals surface area contributed by atoms with Crippen LogP contribution < -0.4 is 11.1 Å². The molecule has 1 aromatic carbocycles. The zero-order chi connectivity index (χ0) is 25.5. The standard InChI is InChI=1S/C28H39N5O3/c1-20-6-3-4-7-22(20)18-32(14-15-36-2)25-16-26(27(34)31-24-11-9-23(29)10-12-24)33(19-25)28(35)21-8-5-13-30-17-21/h3-8,13,17,23-26H,9-12,14-16,18-19,29H2,1-2H3,(H,31,34). The molecule has 194 valence electrons. The lowest BCUT2D eigenvalue weighted by Crippen LogP contribution is -2.50. The molecule has 1 saturated heterocycles. The minimum absolute atomic E-state index is 0.0379. The first-order chi connectivity index (χ1) is 17.5. The SMILES string of the molecule is COCCN(Cc1ccccc1C)C1CC(C(=O)NC2CCC(N)CC2)N(C(=O)c2cccnc2)C1. The molecule has 2 aliphatic rings. The van der Waals surface area contributed by atoms with E-state index in [-0.39, 0.29) is 29.9 Å². The van der Waals surface area contributed by atoms with Gasteiger partial charge in [0.1, 0.15) is 6.04 Å². The molecule has 8 nitrogen and oxygen atoms in total. The number of carbonyl (C=O) groups is 2. The molecular formula is C28H39N5O3. The molecule has 2 heterocycles. The number of hydrogen-bond donors (Lipinski definition) is 2. The summed E-state index contributed by atoms with van der Waals surface area (Å²) in [6, 6.07) is 11.7. The van der Waals surface area contributed by atoms with Crippen molar-refractivity contribution in [2.75, 3.05) is 26.8 Å². The molecule has 2 fully saturated rings. The first kappa shape index (κ1) is 26.3. The molecule has 2 atom stereocenters. The van der Waals surface area contributed by atoms with Gasteiger partial charge >= 0.3 is 0 Å². The van der Waals surface area contributed by atoms with E-state index in [0.717, 1.165) is 38.8 Å². The van der Waals surface area contributed by atoms with E-state index in [4.69, 9.17) is 10.5 Å². The van der Waals surface area contributed by atoms with Gasteiger partial charge in [-0.2, -0.15) is 0 Å². The van der Waals surface area contributed by atoms with Gasteiger partial charge in [-0.3, -0.25) is 19.5 Å². The summed E-state index contributed by atoms with van der Waals surface area (Å²) in [5.74, 6) is -0.225. The number of ether oxygens (including phenoxy) is 1. The summed E-state index contributed by atoms with van der Waals surface area (Å²) in [5, 5.41) is 3.23. The molecular weight excluding hydrogens is 454 g/mol. The third-order valence-corrected chi connectivity index (χ3v) is 7.60. The third kappa shape index (κ3) is 6.49. The largest absolute Gasteiger partial charge is 0.383 e. The lowest BCUT2D eigenvalue weighted by Gasteiger charge is -2.30. The Morgan fingerprint density at radius 1 is 1.17 bits per heavy atom. The van der Waals surface area contributed by atoms with Gasteiger partial charge in [-0.05, 0) is 62.3 Å². The highest BCUT2D eigenvalue weighted by Crippen LogP contribution is 2.27. The molecule has 1 aliphatic heterocycles. The van der Waals surface area contributed by atoms with Crippen molar-refractivity contribution in [1.82, 2.24) is 20.1 Å². The number of nitrogens with one attached hydrogen (secondary N) is 1. The molecule has 2 amide bonds. The van der Waals surface area contributed by atoms with Crippen molar-refractivity contribution in [2.24, 2.45) is 5.73 Å². The number of methoxy groups -OCH3 is 1. The van der Waals surface area contributed by atoms with Gasteiger partial charge in [-0.25, -0.2) is 0 Å². The zero-order valence-electron chi connectivity index (χ0n) is 21.4. The van der Waals surface area contributed by atoms with E-state index in [0.29, 0.717) is 25.1 Å². The lowest BCUT2D eigenvalue weighted by atomic mass is 9.91. The Labute approximate surface area is 214 Å². The highest BCUT2D eigenvalue weighted by Gasteiger charge is 2.42. The molecule has 2 unspecified atom stereocenters. The topological polar surface area (TPSA) is 101 Å². The fourth-order valence-corrected chi connectivity index (χ4v) is 5.37. The highest BCUT2D eigenvalue weighted by molar-refractivity contribution is 5.97. The summed E-state index contributed by atoms with van der Waals surface area (Å²) in [4.78, 5) is 35.3. The molecule has 0 radical (unpaired) electrons. The first-order valence-electron chi connectivity index (χ1n) is 13.0. The predicted molar refractivity (Wildman–Crippen MR) is 139 cm³/mol. The molecule has 1 aliphatic carbocycles. The van der Waals surface area contributed by atoms with Gasteiger partial charge in [-0.15, -0.1) is 0 Å². The van der Waals surface area contributed by atoms with E-state index < -0.39 is 6.04 Å². The Kier molecular flexibility index (Phi) is 9.07. The number of aryl methyl sites for hydroxylation is 1. The quantitative estimate of drug-likeness (QED) is 0.557. The van der Waals surface area contributed by atoms with E-state index in [1.807, 2.05) is 6.07 Å². The monoisotopic (exact) mass is 493 g/mol. The van der Waals surface area contributed by atoms with Gasteiger partial charge < -0.3 is 20.7 Å². The Bertz CT molecular complexity index is 1010. The van der Waals surface area contributed by atoms with Crippen molar-refractivity contribution in [3.63, 3.8) is 0 Å². The number of hydrogen-bond acceptors (Lipinski definition) is 6. The van der Waals surface area contributed by atoms with Gasteiger partial charge in [0.05, 0.1) is 12.2 Å². The normalized spacial score (nSPS) is 24.2. The van der Waals surface area contributed by atoms with Crippen LogP contribution in [0.4, 0.5) is 0 Å². The second-order valence-corrected chi connectivity index (χ2v) is 10.1. The van der Waals surface area contributed by atoms with Crippen LogP contribution in [-0.2, 0) is 16.1 Å². The minimum atomic E-state index is -0.528. The number of rotatable bonds is 9. The molecule has 3 N–H and O–H groups in total. The summed E-state index contributed by atoms with van der Waals surface area (Å²) < 4.78 is 5.41. The van der Waals surface area contributed by atoms with Crippen LogP contribution in [0, 0.1) is 6.92 Å². The van der Waals surface area contributed by atoms with Crippen LogP contribution in [0.1, 0.15) is 53.6 Å². The van der Waals surface area contributed by atoms with E-state index in [2.05, 4.69) is 40.3 Å². The number of benzene rings is 1. The summed E-state index contributed by atoms with van der Waals surface area (Å²) in [6.45, 7) is 4.64. The lowest BCUT2D eigenvalue weighted by molar-refractivity contribution is -0.125. The van der Waals surface area contributed by atoms with Crippen molar-refractivity contribution >= 4 is 11.8 Å². The molecule has 8 heteroatoms.